The number of nitriles is 1. The van der Waals surface area contributed by atoms with Gasteiger partial charge in [-0.2, -0.15) is 5.26 Å². The number of hydrogen-bond acceptors (Lipinski definition) is 3. The van der Waals surface area contributed by atoms with Crippen LogP contribution in [0.25, 0.3) is 0 Å². The molecule has 1 amide bonds. The predicted octanol–water partition coefficient (Wildman–Crippen LogP) is 4.58. The molecule has 0 saturated carbocycles. The normalized spacial score (nSPS) is 11.4. The highest BCUT2D eigenvalue weighted by Gasteiger charge is 2.17. The summed E-state index contributed by atoms with van der Waals surface area (Å²) in [4.78, 5) is 12.2. The van der Waals surface area contributed by atoms with Crippen LogP contribution in [-0.2, 0) is 4.79 Å². The van der Waals surface area contributed by atoms with Gasteiger partial charge >= 0.3 is 0 Å². The highest BCUT2D eigenvalue weighted by Crippen LogP contribution is 2.27. The van der Waals surface area contributed by atoms with E-state index in [0.717, 1.165) is 5.56 Å². The molecule has 0 aliphatic heterocycles. The first-order chi connectivity index (χ1) is 10.9. The fourth-order valence-electron chi connectivity index (χ4n) is 1.89. The van der Waals surface area contributed by atoms with Crippen molar-refractivity contribution in [2.45, 2.75) is 20.0 Å². The molecule has 0 aliphatic rings. The van der Waals surface area contributed by atoms with Crippen molar-refractivity contribution in [2.24, 2.45) is 0 Å². The van der Waals surface area contributed by atoms with Crippen molar-refractivity contribution >= 4 is 34.8 Å². The number of hydrogen-bond donors (Lipinski definition) is 1. The van der Waals surface area contributed by atoms with Crippen LogP contribution in [-0.4, -0.2) is 12.0 Å². The van der Waals surface area contributed by atoms with Gasteiger partial charge in [0.25, 0.3) is 5.91 Å². The first-order valence-electron chi connectivity index (χ1n) is 6.84. The van der Waals surface area contributed by atoms with E-state index >= 15 is 0 Å². The van der Waals surface area contributed by atoms with E-state index in [9.17, 15) is 4.79 Å². The molecule has 0 spiro atoms. The number of ether oxygens (including phenoxy) is 1. The summed E-state index contributed by atoms with van der Waals surface area (Å²) in [5, 5.41) is 12.4. The van der Waals surface area contributed by atoms with Crippen molar-refractivity contribution in [1.29, 1.82) is 5.26 Å². The van der Waals surface area contributed by atoms with Gasteiger partial charge in [0.1, 0.15) is 5.75 Å². The lowest BCUT2D eigenvalue weighted by Gasteiger charge is -2.17. The lowest BCUT2D eigenvalue weighted by atomic mass is 10.2. The Kier molecular flexibility index (Phi) is 5.49. The van der Waals surface area contributed by atoms with Gasteiger partial charge in [-0.15, -0.1) is 0 Å². The Morgan fingerprint density at radius 2 is 2.00 bits per heavy atom. The molecule has 0 aromatic heterocycles. The molecule has 0 bridgehead atoms. The first-order valence-corrected chi connectivity index (χ1v) is 7.60. The highest BCUT2D eigenvalue weighted by molar-refractivity contribution is 6.32. The number of rotatable bonds is 4. The summed E-state index contributed by atoms with van der Waals surface area (Å²) < 4.78 is 5.56. The largest absolute Gasteiger partial charge is 0.479 e. The van der Waals surface area contributed by atoms with Crippen LogP contribution in [0.1, 0.15) is 18.1 Å². The Hall–Kier alpha value is -2.22. The number of benzene rings is 2. The van der Waals surface area contributed by atoms with Gasteiger partial charge in [-0.1, -0.05) is 29.3 Å². The van der Waals surface area contributed by atoms with Gasteiger partial charge in [-0.25, -0.2) is 0 Å². The van der Waals surface area contributed by atoms with E-state index in [1.54, 1.807) is 37.3 Å². The summed E-state index contributed by atoms with van der Waals surface area (Å²) in [7, 11) is 0. The summed E-state index contributed by atoms with van der Waals surface area (Å²) in [6.07, 6.45) is -0.765. The molecule has 0 heterocycles. The first kappa shape index (κ1) is 17.1. The predicted molar refractivity (Wildman–Crippen MR) is 91.1 cm³/mol. The zero-order chi connectivity index (χ0) is 17.0. The van der Waals surface area contributed by atoms with Gasteiger partial charge < -0.3 is 10.1 Å². The summed E-state index contributed by atoms with van der Waals surface area (Å²) >= 11 is 12.1. The van der Waals surface area contributed by atoms with Crippen molar-refractivity contribution < 1.29 is 9.53 Å². The van der Waals surface area contributed by atoms with E-state index in [2.05, 4.69) is 5.32 Å². The van der Waals surface area contributed by atoms with Gasteiger partial charge in [0.2, 0.25) is 0 Å². The molecule has 0 saturated heterocycles. The number of nitrogens with one attached hydrogen (secondary N) is 1. The highest BCUT2D eigenvalue weighted by atomic mass is 35.5. The zero-order valence-corrected chi connectivity index (χ0v) is 14.1. The molecule has 0 aliphatic carbocycles. The van der Waals surface area contributed by atoms with E-state index in [4.69, 9.17) is 33.2 Å². The molecule has 23 heavy (non-hydrogen) atoms. The fraction of sp³-hybridized carbons (Fsp3) is 0.176. The van der Waals surface area contributed by atoms with E-state index in [-0.39, 0.29) is 10.9 Å². The van der Waals surface area contributed by atoms with E-state index in [0.29, 0.717) is 22.0 Å². The standard InChI is InChI=1S/C17H14Cl2N2O2/c1-10-13(18)4-3-5-15(10)21-17(22)11(2)23-16-7-6-12(9-20)8-14(16)19/h3-8,11H,1-2H3,(H,21,22)/t11-/m0/s1. The topological polar surface area (TPSA) is 62.1 Å². The van der Waals surface area contributed by atoms with Crippen molar-refractivity contribution in [1.82, 2.24) is 0 Å². The van der Waals surface area contributed by atoms with Gasteiger partial charge in [0.15, 0.2) is 6.10 Å². The van der Waals surface area contributed by atoms with Crippen LogP contribution in [0.15, 0.2) is 36.4 Å². The molecule has 118 valence electrons. The maximum absolute atomic E-state index is 12.2. The Morgan fingerprint density at radius 1 is 1.26 bits per heavy atom. The van der Waals surface area contributed by atoms with E-state index in [1.807, 2.05) is 13.0 Å². The van der Waals surface area contributed by atoms with Crippen LogP contribution in [0.3, 0.4) is 0 Å². The monoisotopic (exact) mass is 348 g/mol. The van der Waals surface area contributed by atoms with Gasteiger partial charge in [-0.3, -0.25) is 4.79 Å². The summed E-state index contributed by atoms with van der Waals surface area (Å²) in [6, 6.07) is 11.9. The van der Waals surface area contributed by atoms with Crippen molar-refractivity contribution in [2.75, 3.05) is 5.32 Å². The Bertz CT molecular complexity index is 785. The molecule has 2 aromatic rings. The molecule has 0 unspecified atom stereocenters. The minimum absolute atomic E-state index is 0.280. The van der Waals surface area contributed by atoms with Crippen LogP contribution in [0.2, 0.25) is 10.0 Å². The summed E-state index contributed by atoms with van der Waals surface area (Å²) in [6.45, 7) is 3.44. The molecule has 4 nitrogen and oxygen atoms in total. The quantitative estimate of drug-likeness (QED) is 0.879. The number of amides is 1. The Labute approximate surface area is 144 Å². The van der Waals surface area contributed by atoms with Crippen LogP contribution >= 0.6 is 23.2 Å². The smallest absolute Gasteiger partial charge is 0.265 e. The molecular formula is C17H14Cl2N2O2. The second-order valence-corrected chi connectivity index (χ2v) is 5.73. The number of anilines is 1. The Morgan fingerprint density at radius 3 is 2.65 bits per heavy atom. The van der Waals surface area contributed by atoms with Crippen LogP contribution in [0, 0.1) is 18.3 Å². The van der Waals surface area contributed by atoms with Gasteiger partial charge in [-0.05, 0) is 49.7 Å². The van der Waals surface area contributed by atoms with Crippen molar-refractivity contribution in [3.63, 3.8) is 0 Å². The molecule has 2 aromatic carbocycles. The maximum Gasteiger partial charge on any atom is 0.265 e. The number of carbonyl (C=O) groups is 1. The van der Waals surface area contributed by atoms with E-state index < -0.39 is 6.10 Å². The minimum Gasteiger partial charge on any atom is -0.479 e. The third-order valence-electron chi connectivity index (χ3n) is 3.26. The molecule has 2 rings (SSSR count). The lowest BCUT2D eigenvalue weighted by Crippen LogP contribution is -2.30. The second kappa shape index (κ2) is 7.36. The average Bonchev–Trinajstić information content (AvgIpc) is 2.53. The second-order valence-electron chi connectivity index (χ2n) is 4.92. The molecule has 6 heteroatoms. The van der Waals surface area contributed by atoms with Gasteiger partial charge in [0.05, 0.1) is 16.7 Å². The third-order valence-corrected chi connectivity index (χ3v) is 3.96. The number of carbonyl (C=O) groups excluding carboxylic acids is 1. The van der Waals surface area contributed by atoms with E-state index in [1.165, 1.54) is 6.07 Å². The molecule has 0 fully saturated rings. The average molecular weight is 349 g/mol. The van der Waals surface area contributed by atoms with Crippen LogP contribution in [0.4, 0.5) is 5.69 Å². The fourth-order valence-corrected chi connectivity index (χ4v) is 2.29. The van der Waals surface area contributed by atoms with Crippen molar-refractivity contribution in [3.8, 4) is 11.8 Å². The maximum atomic E-state index is 12.2. The van der Waals surface area contributed by atoms with Crippen LogP contribution in [0.5, 0.6) is 5.75 Å². The number of halogens is 2. The van der Waals surface area contributed by atoms with Gasteiger partial charge in [0, 0.05) is 10.7 Å². The molecule has 0 radical (unpaired) electrons. The molecule has 1 N–H and O–H groups in total. The van der Waals surface area contributed by atoms with Crippen molar-refractivity contribution in [3.05, 3.63) is 57.6 Å². The minimum atomic E-state index is -0.765. The SMILES string of the molecule is Cc1c(Cl)cccc1NC(=O)[C@H](C)Oc1ccc(C#N)cc1Cl. The zero-order valence-electron chi connectivity index (χ0n) is 12.6. The summed E-state index contributed by atoms with van der Waals surface area (Å²) in [5.74, 6) is 0.0203. The Balaban J connectivity index is 2.09. The lowest BCUT2D eigenvalue weighted by molar-refractivity contribution is -0.122. The summed E-state index contributed by atoms with van der Waals surface area (Å²) in [5.41, 5.74) is 1.84. The van der Waals surface area contributed by atoms with Crippen LogP contribution < -0.4 is 10.1 Å². The number of nitrogens with zero attached hydrogens (tertiary/aromatic N) is 1. The third kappa shape index (κ3) is 4.16. The molecule has 1 atom stereocenters. The molecular weight excluding hydrogens is 335 g/mol.